The van der Waals surface area contributed by atoms with E-state index < -0.39 is 69.2 Å². The second-order valence-corrected chi connectivity index (χ2v) is 15.4. The van der Waals surface area contributed by atoms with E-state index in [2.05, 4.69) is 12.2 Å². The van der Waals surface area contributed by atoms with Crippen LogP contribution in [0.4, 0.5) is 35.1 Å². The van der Waals surface area contributed by atoms with E-state index in [9.17, 15) is 0 Å². The summed E-state index contributed by atoms with van der Waals surface area (Å²) in [4.78, 5) is 0. The first kappa shape index (κ1) is 36.6. The van der Waals surface area contributed by atoms with Gasteiger partial charge in [-0.25, -0.2) is 17.6 Å². The predicted octanol–water partition coefficient (Wildman–Crippen LogP) is 12.2. The molecule has 8 atom stereocenters. The van der Waals surface area contributed by atoms with Crippen LogP contribution in [0.2, 0.25) is 0 Å². The molecule has 4 bridgehead atoms. The Labute approximate surface area is 309 Å². The minimum atomic E-state index is -1.58. The maximum absolute atomic E-state index is 15.1. The van der Waals surface area contributed by atoms with Crippen LogP contribution in [0.5, 0.6) is 17.2 Å². The standard InChI is InChI=1S/C42H34F8O2.C2H6/c43-33-30(16-25-14-20-1-5-22(25)12-20)34(44)38(48)41(37(33)47)51-27-8-3-19(4-9-27)11-24-7-10-32(29-18-28(24)29)52-42-39(49)35(45)31(36(46)40(42)50)17-26-15-21-2-6-23(26)13-21;1-2/h1-10,20-23,25-26,28-29H,11-18H2;1-2H3. The van der Waals surface area contributed by atoms with Gasteiger partial charge in [0.1, 0.15) is 11.5 Å². The molecule has 8 unspecified atom stereocenters. The molecule has 2 nitrogen and oxygen atoms in total. The Bertz CT molecular complexity index is 2040. The molecule has 6 aliphatic carbocycles. The SMILES string of the molecule is CC.Fc1c(F)c(OC2=CC=C(Cc3ccc(Oc4c(F)c(F)c(CC5CC6C=CC5C6)c(F)c4F)cc3)C3CC23)c(F)c(F)c1CC1CC2C=CC1C2. The van der Waals surface area contributed by atoms with Crippen molar-refractivity contribution in [1.29, 1.82) is 0 Å². The number of benzene rings is 3. The van der Waals surface area contributed by atoms with Crippen molar-refractivity contribution in [2.75, 3.05) is 0 Å². The van der Waals surface area contributed by atoms with Crippen LogP contribution >= 0.6 is 0 Å². The highest BCUT2D eigenvalue weighted by atomic mass is 19.2. The fourth-order valence-electron chi connectivity index (χ4n) is 9.44. The molecule has 0 radical (unpaired) electrons. The lowest BCUT2D eigenvalue weighted by Gasteiger charge is -2.21. The molecule has 0 aromatic heterocycles. The second-order valence-electron chi connectivity index (χ2n) is 15.4. The highest BCUT2D eigenvalue weighted by Gasteiger charge is 2.46. The van der Waals surface area contributed by atoms with Gasteiger partial charge in [0.15, 0.2) is 23.3 Å². The van der Waals surface area contributed by atoms with Crippen molar-refractivity contribution < 1.29 is 44.6 Å². The maximum Gasteiger partial charge on any atom is 0.204 e. The number of hydrogen-bond donors (Lipinski definition) is 0. The summed E-state index contributed by atoms with van der Waals surface area (Å²) < 4.78 is 131. The summed E-state index contributed by atoms with van der Waals surface area (Å²) in [5.74, 6) is -13.4. The Kier molecular flexibility index (Phi) is 9.76. The molecular formula is C44H40F8O2. The van der Waals surface area contributed by atoms with Gasteiger partial charge < -0.3 is 9.47 Å². The zero-order valence-electron chi connectivity index (χ0n) is 29.9. The monoisotopic (exact) mass is 752 g/mol. The van der Waals surface area contributed by atoms with E-state index in [1.807, 2.05) is 26.0 Å². The third-order valence-corrected chi connectivity index (χ3v) is 12.3. The number of rotatable bonds is 10. The van der Waals surface area contributed by atoms with Crippen molar-refractivity contribution in [1.82, 2.24) is 0 Å². The highest BCUT2D eigenvalue weighted by Crippen LogP contribution is 2.53. The van der Waals surface area contributed by atoms with Gasteiger partial charge in [0.2, 0.25) is 34.8 Å². The molecule has 3 fully saturated rings. The summed E-state index contributed by atoms with van der Waals surface area (Å²) >= 11 is 0. The molecule has 9 rings (SSSR count). The van der Waals surface area contributed by atoms with Gasteiger partial charge in [-0.15, -0.1) is 0 Å². The molecule has 3 saturated carbocycles. The zero-order valence-corrected chi connectivity index (χ0v) is 29.9. The van der Waals surface area contributed by atoms with Gasteiger partial charge >= 0.3 is 0 Å². The van der Waals surface area contributed by atoms with E-state index in [1.54, 1.807) is 18.2 Å². The Morgan fingerprint density at radius 3 is 1.44 bits per heavy atom. The van der Waals surface area contributed by atoms with Crippen LogP contribution in [-0.2, 0) is 19.3 Å². The van der Waals surface area contributed by atoms with Gasteiger partial charge in [0.05, 0.1) is 0 Å². The van der Waals surface area contributed by atoms with Gasteiger partial charge in [-0.2, -0.15) is 17.6 Å². The summed E-state index contributed by atoms with van der Waals surface area (Å²) in [5, 5.41) is 0. The molecule has 0 amide bonds. The van der Waals surface area contributed by atoms with Gasteiger partial charge in [0, 0.05) is 17.0 Å². The molecule has 0 aliphatic heterocycles. The van der Waals surface area contributed by atoms with Crippen LogP contribution in [0, 0.1) is 93.9 Å². The van der Waals surface area contributed by atoms with Crippen molar-refractivity contribution in [3.05, 3.63) is 135 Å². The van der Waals surface area contributed by atoms with Crippen LogP contribution in [0.3, 0.4) is 0 Å². The van der Waals surface area contributed by atoms with Crippen molar-refractivity contribution in [2.24, 2.45) is 47.3 Å². The molecular weight excluding hydrogens is 712 g/mol. The molecule has 3 aromatic carbocycles. The van der Waals surface area contributed by atoms with E-state index in [0.717, 1.165) is 36.8 Å². The van der Waals surface area contributed by atoms with Crippen LogP contribution < -0.4 is 9.47 Å². The molecule has 284 valence electrons. The van der Waals surface area contributed by atoms with Crippen LogP contribution in [0.1, 0.15) is 62.6 Å². The molecule has 0 heterocycles. The normalized spacial score (nSPS) is 28.1. The Hall–Kier alpha value is -4.34. The second kappa shape index (κ2) is 14.4. The third kappa shape index (κ3) is 6.47. The summed E-state index contributed by atoms with van der Waals surface area (Å²) in [7, 11) is 0. The van der Waals surface area contributed by atoms with Gasteiger partial charge in [-0.05, 0) is 117 Å². The van der Waals surface area contributed by atoms with E-state index >= 15 is 35.1 Å². The predicted molar refractivity (Wildman–Crippen MR) is 188 cm³/mol. The average molecular weight is 753 g/mol. The topological polar surface area (TPSA) is 18.5 Å². The van der Waals surface area contributed by atoms with Gasteiger partial charge in [-0.3, -0.25) is 0 Å². The zero-order chi connectivity index (χ0) is 38.0. The molecule has 0 spiro atoms. The van der Waals surface area contributed by atoms with Crippen LogP contribution in [-0.4, -0.2) is 0 Å². The van der Waals surface area contributed by atoms with Crippen molar-refractivity contribution in [2.45, 2.75) is 65.2 Å². The molecule has 0 N–H and O–H groups in total. The fraction of sp³-hybridized carbons (Fsp3) is 0.409. The summed E-state index contributed by atoms with van der Waals surface area (Å²) in [5.41, 5.74) is 0.581. The minimum absolute atomic E-state index is 0.0225. The van der Waals surface area contributed by atoms with Crippen LogP contribution in [0.15, 0.2) is 72.1 Å². The number of allylic oxidation sites excluding steroid dienone is 8. The molecule has 3 aromatic rings. The lowest BCUT2D eigenvalue weighted by Crippen LogP contribution is -2.16. The van der Waals surface area contributed by atoms with Gasteiger partial charge in [-0.1, -0.05) is 61.9 Å². The highest BCUT2D eigenvalue weighted by molar-refractivity contribution is 5.43. The van der Waals surface area contributed by atoms with E-state index in [4.69, 9.17) is 9.47 Å². The minimum Gasteiger partial charge on any atom is -0.455 e. The molecule has 0 saturated heterocycles. The van der Waals surface area contributed by atoms with Crippen molar-refractivity contribution >= 4 is 0 Å². The Balaban J connectivity index is 0.00000203. The lowest BCUT2D eigenvalue weighted by molar-refractivity contribution is 0.314. The van der Waals surface area contributed by atoms with Crippen molar-refractivity contribution in [3.63, 3.8) is 0 Å². The number of halogens is 8. The fourth-order valence-corrected chi connectivity index (χ4v) is 9.44. The molecule has 10 heteroatoms. The first-order valence-corrected chi connectivity index (χ1v) is 19.0. The van der Waals surface area contributed by atoms with E-state index in [-0.39, 0.29) is 59.9 Å². The third-order valence-electron chi connectivity index (χ3n) is 12.3. The number of hydrogen-bond acceptors (Lipinski definition) is 2. The van der Waals surface area contributed by atoms with Crippen LogP contribution in [0.25, 0.3) is 0 Å². The first-order chi connectivity index (χ1) is 26.0. The van der Waals surface area contributed by atoms with E-state index in [0.29, 0.717) is 24.7 Å². The first-order valence-electron chi connectivity index (χ1n) is 19.0. The quantitative estimate of drug-likeness (QED) is 0.117. The average Bonchev–Trinajstić information content (AvgIpc) is 3.51. The van der Waals surface area contributed by atoms with Crippen molar-refractivity contribution in [3.8, 4) is 17.2 Å². The molecule has 6 aliphatic rings. The van der Waals surface area contributed by atoms with Gasteiger partial charge in [0.25, 0.3) is 0 Å². The van der Waals surface area contributed by atoms with E-state index in [1.165, 1.54) is 18.2 Å². The summed E-state index contributed by atoms with van der Waals surface area (Å²) in [6.45, 7) is 4.00. The molecule has 54 heavy (non-hydrogen) atoms. The maximum atomic E-state index is 15.1. The largest absolute Gasteiger partial charge is 0.455 e. The summed E-state index contributed by atoms with van der Waals surface area (Å²) in [6, 6.07) is 6.16. The Morgan fingerprint density at radius 1 is 0.519 bits per heavy atom. The lowest BCUT2D eigenvalue weighted by atomic mass is 9.87. The Morgan fingerprint density at radius 2 is 1.00 bits per heavy atom. The number of fused-ring (bicyclic) bond motifs is 5. The summed E-state index contributed by atoms with van der Waals surface area (Å²) in [6.07, 6.45) is 15.6. The smallest absolute Gasteiger partial charge is 0.204 e. The number of ether oxygens (including phenoxy) is 2.